The van der Waals surface area contributed by atoms with Crippen LogP contribution in [-0.2, 0) is 16.4 Å². The van der Waals surface area contributed by atoms with Gasteiger partial charge >= 0.3 is 5.97 Å². The summed E-state index contributed by atoms with van der Waals surface area (Å²) in [5.41, 5.74) is 0.641. The number of pyridine rings is 1. The van der Waals surface area contributed by atoms with Crippen molar-refractivity contribution in [1.82, 2.24) is 4.98 Å². The van der Waals surface area contributed by atoms with Crippen molar-refractivity contribution in [3.05, 3.63) is 53.9 Å². The van der Waals surface area contributed by atoms with Crippen molar-refractivity contribution in [2.75, 3.05) is 6.26 Å². The number of sulfone groups is 1. The Morgan fingerprint density at radius 3 is 2.62 bits per heavy atom. The molecule has 0 aliphatic heterocycles. The summed E-state index contributed by atoms with van der Waals surface area (Å²) >= 11 is 0. The number of hydrogen-bond donors (Lipinski definition) is 1. The second kappa shape index (κ2) is 5.92. The zero-order valence-corrected chi connectivity index (χ0v) is 12.0. The Hall–Kier alpha value is -2.41. The third-order valence-electron chi connectivity index (χ3n) is 2.69. The van der Waals surface area contributed by atoms with Crippen LogP contribution >= 0.6 is 0 Å². The van der Waals surface area contributed by atoms with E-state index in [-0.39, 0.29) is 17.1 Å². The molecule has 0 fully saturated rings. The van der Waals surface area contributed by atoms with Gasteiger partial charge < -0.3 is 9.84 Å². The number of benzene rings is 1. The van der Waals surface area contributed by atoms with Crippen molar-refractivity contribution in [2.45, 2.75) is 11.5 Å². The molecule has 0 atom stereocenters. The molecule has 110 valence electrons. The molecule has 2 rings (SSSR count). The summed E-state index contributed by atoms with van der Waals surface area (Å²) in [6.07, 6.45) is 2.37. The molecule has 2 aromatic rings. The van der Waals surface area contributed by atoms with Gasteiger partial charge in [-0.2, -0.15) is 0 Å². The van der Waals surface area contributed by atoms with Crippen LogP contribution in [0.15, 0.2) is 47.5 Å². The Labute approximate surface area is 121 Å². The maximum atomic E-state index is 11.4. The van der Waals surface area contributed by atoms with Crippen LogP contribution in [0.25, 0.3) is 0 Å². The average molecular weight is 307 g/mol. The molecule has 6 nitrogen and oxygen atoms in total. The first-order valence-corrected chi connectivity index (χ1v) is 7.86. The molecule has 0 unspecified atom stereocenters. The largest absolute Gasteiger partial charge is 0.487 e. The molecule has 1 N–H and O–H groups in total. The molecular formula is C14H13NO5S. The van der Waals surface area contributed by atoms with Crippen LogP contribution in [0.4, 0.5) is 0 Å². The second-order valence-corrected chi connectivity index (χ2v) is 6.39. The van der Waals surface area contributed by atoms with Gasteiger partial charge in [-0.3, -0.25) is 4.98 Å². The number of ether oxygens (including phenoxy) is 1. The van der Waals surface area contributed by atoms with E-state index in [1.807, 2.05) is 0 Å². The fourth-order valence-corrected chi connectivity index (χ4v) is 2.24. The standard InChI is InChI=1S/C14H13NO5S/c1-21(18,19)13-4-2-3-12(7-13)20-9-11-6-5-10(8-15-11)14(16)17/h2-8H,9H2,1H3,(H,16,17). The summed E-state index contributed by atoms with van der Waals surface area (Å²) in [6.45, 7) is 0.118. The highest BCUT2D eigenvalue weighted by atomic mass is 32.2. The lowest BCUT2D eigenvalue weighted by molar-refractivity contribution is 0.0696. The lowest BCUT2D eigenvalue weighted by atomic mass is 10.2. The Morgan fingerprint density at radius 1 is 1.29 bits per heavy atom. The molecule has 21 heavy (non-hydrogen) atoms. The number of aromatic carboxylic acids is 1. The zero-order chi connectivity index (χ0) is 15.5. The SMILES string of the molecule is CS(=O)(=O)c1cccc(OCc2ccc(C(=O)O)cn2)c1. The molecule has 0 saturated carbocycles. The molecule has 1 heterocycles. The quantitative estimate of drug-likeness (QED) is 0.904. The third kappa shape index (κ3) is 4.03. The zero-order valence-electron chi connectivity index (χ0n) is 11.2. The number of rotatable bonds is 5. The van der Waals surface area contributed by atoms with E-state index >= 15 is 0 Å². The molecule has 1 aromatic heterocycles. The fourth-order valence-electron chi connectivity index (χ4n) is 1.59. The number of carboxylic acid groups (broad SMARTS) is 1. The first-order valence-electron chi connectivity index (χ1n) is 5.97. The molecule has 0 bridgehead atoms. The highest BCUT2D eigenvalue weighted by molar-refractivity contribution is 7.90. The molecule has 0 amide bonds. The summed E-state index contributed by atoms with van der Waals surface area (Å²) in [6, 6.07) is 9.13. The summed E-state index contributed by atoms with van der Waals surface area (Å²) in [5, 5.41) is 8.76. The van der Waals surface area contributed by atoms with Gasteiger partial charge in [0.2, 0.25) is 0 Å². The monoisotopic (exact) mass is 307 g/mol. The molecule has 0 aliphatic carbocycles. The number of carboxylic acids is 1. The van der Waals surface area contributed by atoms with Crippen molar-refractivity contribution in [1.29, 1.82) is 0 Å². The molecule has 0 spiro atoms. The summed E-state index contributed by atoms with van der Waals surface area (Å²) < 4.78 is 28.3. The van der Waals surface area contributed by atoms with Gasteiger partial charge in [0.25, 0.3) is 0 Å². The fraction of sp³-hybridized carbons (Fsp3) is 0.143. The number of nitrogens with zero attached hydrogens (tertiary/aromatic N) is 1. The van der Waals surface area contributed by atoms with Crippen LogP contribution in [0.3, 0.4) is 0 Å². The molecule has 1 aromatic carbocycles. The smallest absolute Gasteiger partial charge is 0.337 e. The van der Waals surface area contributed by atoms with Gasteiger partial charge in [-0.05, 0) is 30.3 Å². The molecule has 7 heteroatoms. The van der Waals surface area contributed by atoms with E-state index in [0.717, 1.165) is 6.26 Å². The maximum Gasteiger partial charge on any atom is 0.337 e. The minimum atomic E-state index is -3.28. The number of aromatic nitrogens is 1. The predicted molar refractivity (Wildman–Crippen MR) is 75.1 cm³/mol. The van der Waals surface area contributed by atoms with Gasteiger partial charge in [0.1, 0.15) is 12.4 Å². The first-order chi connectivity index (χ1) is 9.86. The van der Waals surface area contributed by atoms with Crippen LogP contribution in [0, 0.1) is 0 Å². The van der Waals surface area contributed by atoms with E-state index in [0.29, 0.717) is 11.4 Å². The van der Waals surface area contributed by atoms with Crippen LogP contribution in [0.1, 0.15) is 16.1 Å². The third-order valence-corrected chi connectivity index (χ3v) is 3.80. The van der Waals surface area contributed by atoms with Crippen molar-refractivity contribution >= 4 is 15.8 Å². The molecular weight excluding hydrogens is 294 g/mol. The van der Waals surface area contributed by atoms with E-state index < -0.39 is 15.8 Å². The van der Waals surface area contributed by atoms with E-state index in [1.165, 1.54) is 24.4 Å². The van der Waals surface area contributed by atoms with Crippen LogP contribution in [0.2, 0.25) is 0 Å². The minimum absolute atomic E-state index is 0.0952. The normalized spacial score (nSPS) is 11.1. The summed E-state index contributed by atoms with van der Waals surface area (Å²) in [4.78, 5) is 14.8. The van der Waals surface area contributed by atoms with Gasteiger partial charge in [0.05, 0.1) is 16.2 Å². The minimum Gasteiger partial charge on any atom is -0.487 e. The number of hydrogen-bond acceptors (Lipinski definition) is 5. The van der Waals surface area contributed by atoms with Crippen LogP contribution in [0.5, 0.6) is 5.75 Å². The van der Waals surface area contributed by atoms with E-state index in [4.69, 9.17) is 9.84 Å². The summed E-state index contributed by atoms with van der Waals surface area (Å²) in [5.74, 6) is -0.641. The van der Waals surface area contributed by atoms with Gasteiger partial charge in [-0.15, -0.1) is 0 Å². The molecule has 0 aliphatic rings. The maximum absolute atomic E-state index is 11.4. The van der Waals surface area contributed by atoms with Crippen molar-refractivity contribution in [3.63, 3.8) is 0 Å². The van der Waals surface area contributed by atoms with Gasteiger partial charge in [0.15, 0.2) is 9.84 Å². The van der Waals surface area contributed by atoms with Gasteiger partial charge in [-0.25, -0.2) is 13.2 Å². The molecule has 0 radical (unpaired) electrons. The topological polar surface area (TPSA) is 93.6 Å². The van der Waals surface area contributed by atoms with Crippen LogP contribution in [-0.4, -0.2) is 30.7 Å². The van der Waals surface area contributed by atoms with Crippen molar-refractivity contribution in [3.8, 4) is 5.75 Å². The lowest BCUT2D eigenvalue weighted by Crippen LogP contribution is -2.02. The van der Waals surface area contributed by atoms with E-state index in [1.54, 1.807) is 18.2 Å². The Bertz CT molecular complexity index is 753. The average Bonchev–Trinajstić information content (AvgIpc) is 2.45. The summed E-state index contributed by atoms with van der Waals surface area (Å²) in [7, 11) is -3.28. The van der Waals surface area contributed by atoms with Gasteiger partial charge in [0, 0.05) is 12.5 Å². The van der Waals surface area contributed by atoms with Crippen molar-refractivity contribution in [2.24, 2.45) is 0 Å². The highest BCUT2D eigenvalue weighted by Crippen LogP contribution is 2.18. The Morgan fingerprint density at radius 2 is 2.05 bits per heavy atom. The first kappa shape index (κ1) is 15.0. The van der Waals surface area contributed by atoms with Crippen LogP contribution < -0.4 is 4.74 Å². The Balaban J connectivity index is 2.08. The highest BCUT2D eigenvalue weighted by Gasteiger charge is 2.08. The lowest BCUT2D eigenvalue weighted by Gasteiger charge is -2.07. The number of carbonyl (C=O) groups is 1. The predicted octanol–water partition coefficient (Wildman–Crippen LogP) is 1.76. The van der Waals surface area contributed by atoms with E-state index in [2.05, 4.69) is 4.98 Å². The van der Waals surface area contributed by atoms with E-state index in [9.17, 15) is 13.2 Å². The van der Waals surface area contributed by atoms with Gasteiger partial charge in [-0.1, -0.05) is 6.07 Å². The van der Waals surface area contributed by atoms with Crippen molar-refractivity contribution < 1.29 is 23.1 Å². The molecule has 0 saturated heterocycles. The Kier molecular flexibility index (Phi) is 4.23. The second-order valence-electron chi connectivity index (χ2n) is 4.38.